The molecule has 0 heterocycles. The van der Waals surface area contributed by atoms with Gasteiger partial charge < -0.3 is 13.7 Å². The van der Waals surface area contributed by atoms with E-state index in [1.54, 1.807) is 0 Å². The molecule has 0 unspecified atom stereocenters. The van der Waals surface area contributed by atoms with Gasteiger partial charge in [0.05, 0.1) is 0 Å². The molecule has 18 heavy (non-hydrogen) atoms. The Balaban J connectivity index is 2.77. The number of rotatable bonds is 4. The number of methoxy groups -OCH3 is 2. The molecular formula is C9H13F3O5S. The van der Waals surface area contributed by atoms with Crippen LogP contribution in [0.4, 0.5) is 13.2 Å². The molecule has 5 nitrogen and oxygen atoms in total. The van der Waals surface area contributed by atoms with Crippen molar-refractivity contribution >= 4 is 10.1 Å². The van der Waals surface area contributed by atoms with Gasteiger partial charge in [0.15, 0.2) is 5.79 Å². The molecule has 1 aliphatic rings. The lowest BCUT2D eigenvalue weighted by molar-refractivity contribution is -0.211. The van der Waals surface area contributed by atoms with E-state index in [4.69, 9.17) is 9.47 Å². The Labute approximate surface area is 103 Å². The molecule has 0 saturated heterocycles. The van der Waals surface area contributed by atoms with Gasteiger partial charge >= 0.3 is 15.6 Å². The Morgan fingerprint density at radius 1 is 1.28 bits per heavy atom. The third-order valence-electron chi connectivity index (χ3n) is 2.64. The minimum absolute atomic E-state index is 0.0169. The number of alkyl halides is 3. The molecular weight excluding hydrogens is 277 g/mol. The van der Waals surface area contributed by atoms with Crippen molar-refractivity contribution in [2.45, 2.75) is 30.6 Å². The third kappa shape index (κ3) is 3.15. The molecule has 0 atom stereocenters. The largest absolute Gasteiger partial charge is 0.534 e. The Morgan fingerprint density at radius 3 is 2.17 bits per heavy atom. The van der Waals surface area contributed by atoms with Crippen molar-refractivity contribution < 1.29 is 35.2 Å². The van der Waals surface area contributed by atoms with Crippen LogP contribution in [0, 0.1) is 0 Å². The standard InChI is InChI=1S/C9H13F3O5S/c1-15-8(16-2)5-3-7(4-6-8)17-18(13,14)9(10,11)12/h3H,4-6H2,1-2H3. The van der Waals surface area contributed by atoms with E-state index < -0.39 is 21.4 Å². The average molecular weight is 290 g/mol. The van der Waals surface area contributed by atoms with Gasteiger partial charge in [0.2, 0.25) is 0 Å². The summed E-state index contributed by atoms with van der Waals surface area (Å²) in [7, 11) is -2.80. The van der Waals surface area contributed by atoms with Crippen LogP contribution in [-0.4, -0.2) is 33.9 Å². The predicted molar refractivity (Wildman–Crippen MR) is 54.7 cm³/mol. The summed E-state index contributed by atoms with van der Waals surface area (Å²) in [5.74, 6) is -1.19. The molecule has 0 aromatic carbocycles. The molecule has 0 aromatic heterocycles. The van der Waals surface area contributed by atoms with E-state index in [0.717, 1.165) is 0 Å². The summed E-state index contributed by atoms with van der Waals surface area (Å²) in [6, 6.07) is 0. The molecule has 9 heteroatoms. The van der Waals surface area contributed by atoms with Crippen LogP contribution in [0.2, 0.25) is 0 Å². The molecule has 1 aliphatic carbocycles. The highest BCUT2D eigenvalue weighted by molar-refractivity contribution is 7.87. The van der Waals surface area contributed by atoms with Gasteiger partial charge in [0, 0.05) is 33.5 Å². The second-order valence-electron chi connectivity index (χ2n) is 3.68. The number of halogens is 3. The van der Waals surface area contributed by atoms with Gasteiger partial charge in [0.25, 0.3) is 0 Å². The van der Waals surface area contributed by atoms with Crippen LogP contribution in [0.1, 0.15) is 19.3 Å². The highest BCUT2D eigenvalue weighted by atomic mass is 32.2. The second kappa shape index (κ2) is 5.06. The van der Waals surface area contributed by atoms with Crippen LogP contribution in [0.15, 0.2) is 11.8 Å². The third-order valence-corrected chi connectivity index (χ3v) is 3.64. The van der Waals surface area contributed by atoms with Crippen LogP contribution < -0.4 is 0 Å². The zero-order valence-corrected chi connectivity index (χ0v) is 10.6. The monoisotopic (exact) mass is 290 g/mol. The van der Waals surface area contributed by atoms with Crippen molar-refractivity contribution in [2.75, 3.05) is 14.2 Å². The highest BCUT2D eigenvalue weighted by Crippen LogP contribution is 2.34. The first-order valence-corrected chi connectivity index (χ1v) is 6.37. The maximum atomic E-state index is 12.1. The summed E-state index contributed by atoms with van der Waals surface area (Å²) >= 11 is 0. The van der Waals surface area contributed by atoms with Gasteiger partial charge in [-0.2, -0.15) is 21.6 Å². The van der Waals surface area contributed by atoms with Gasteiger partial charge in [-0.25, -0.2) is 0 Å². The lowest BCUT2D eigenvalue weighted by Crippen LogP contribution is -2.36. The molecule has 0 bridgehead atoms. The number of hydrogen-bond acceptors (Lipinski definition) is 5. The number of hydrogen-bond donors (Lipinski definition) is 0. The summed E-state index contributed by atoms with van der Waals surface area (Å²) in [6.45, 7) is 0. The average Bonchev–Trinajstić information content (AvgIpc) is 2.29. The Hall–Kier alpha value is -0.800. The van der Waals surface area contributed by atoms with Crippen LogP contribution in [0.25, 0.3) is 0 Å². The normalized spacial score (nSPS) is 20.4. The van der Waals surface area contributed by atoms with Gasteiger partial charge in [-0.05, 0) is 6.08 Å². The Morgan fingerprint density at radius 2 is 1.83 bits per heavy atom. The van der Waals surface area contributed by atoms with Crippen LogP contribution in [-0.2, 0) is 23.8 Å². The zero-order chi connectivity index (χ0) is 14.0. The molecule has 0 saturated carbocycles. The van der Waals surface area contributed by atoms with Crippen molar-refractivity contribution in [1.82, 2.24) is 0 Å². The fraction of sp³-hybridized carbons (Fsp3) is 0.778. The van der Waals surface area contributed by atoms with E-state index in [0.29, 0.717) is 0 Å². The summed E-state index contributed by atoms with van der Waals surface area (Å²) < 4.78 is 72.0. The number of allylic oxidation sites excluding steroid dienone is 1. The van der Waals surface area contributed by atoms with E-state index in [2.05, 4.69) is 4.18 Å². The summed E-state index contributed by atoms with van der Waals surface area (Å²) in [6.07, 6.45) is 1.53. The minimum Gasteiger partial charge on any atom is -0.381 e. The topological polar surface area (TPSA) is 61.8 Å². The second-order valence-corrected chi connectivity index (χ2v) is 5.21. The van der Waals surface area contributed by atoms with Crippen LogP contribution in [0.3, 0.4) is 0 Å². The fourth-order valence-corrected chi connectivity index (χ4v) is 2.03. The first kappa shape index (κ1) is 15.3. The van der Waals surface area contributed by atoms with E-state index in [9.17, 15) is 21.6 Å². The number of ether oxygens (including phenoxy) is 2. The van der Waals surface area contributed by atoms with E-state index in [1.165, 1.54) is 20.3 Å². The molecule has 0 spiro atoms. The molecule has 106 valence electrons. The first-order chi connectivity index (χ1) is 8.16. The van der Waals surface area contributed by atoms with E-state index >= 15 is 0 Å². The quantitative estimate of drug-likeness (QED) is 0.449. The summed E-state index contributed by atoms with van der Waals surface area (Å²) in [5, 5.41) is 0. The smallest absolute Gasteiger partial charge is 0.381 e. The molecule has 0 amide bonds. The SMILES string of the molecule is COC1(OC)CC=C(OS(=O)(=O)C(F)(F)F)CC1. The van der Waals surface area contributed by atoms with Gasteiger partial charge in [-0.3, -0.25) is 0 Å². The van der Waals surface area contributed by atoms with E-state index in [1.807, 2.05) is 0 Å². The Kier molecular flexibility index (Phi) is 4.29. The van der Waals surface area contributed by atoms with Crippen molar-refractivity contribution in [2.24, 2.45) is 0 Å². The molecule has 0 radical (unpaired) electrons. The molecule has 0 aromatic rings. The van der Waals surface area contributed by atoms with E-state index in [-0.39, 0.29) is 25.0 Å². The lowest BCUT2D eigenvalue weighted by atomic mass is 9.99. The molecule has 0 aliphatic heterocycles. The van der Waals surface area contributed by atoms with Crippen LogP contribution >= 0.6 is 0 Å². The molecule has 0 N–H and O–H groups in total. The fourth-order valence-electron chi connectivity index (χ4n) is 1.51. The summed E-state index contributed by atoms with van der Waals surface area (Å²) in [4.78, 5) is 0. The molecule has 0 fully saturated rings. The maximum absolute atomic E-state index is 12.1. The minimum atomic E-state index is -5.60. The highest BCUT2D eigenvalue weighted by Gasteiger charge is 2.49. The van der Waals surface area contributed by atoms with Crippen molar-refractivity contribution in [3.05, 3.63) is 11.8 Å². The van der Waals surface area contributed by atoms with Gasteiger partial charge in [0.1, 0.15) is 5.76 Å². The van der Waals surface area contributed by atoms with Crippen molar-refractivity contribution in [3.8, 4) is 0 Å². The zero-order valence-electron chi connectivity index (χ0n) is 9.78. The van der Waals surface area contributed by atoms with Gasteiger partial charge in [-0.1, -0.05) is 0 Å². The Bertz CT molecular complexity index is 422. The predicted octanol–water partition coefficient (Wildman–Crippen LogP) is 1.91. The van der Waals surface area contributed by atoms with Crippen molar-refractivity contribution in [1.29, 1.82) is 0 Å². The van der Waals surface area contributed by atoms with Crippen molar-refractivity contribution in [3.63, 3.8) is 0 Å². The maximum Gasteiger partial charge on any atom is 0.534 e. The van der Waals surface area contributed by atoms with Gasteiger partial charge in [-0.15, -0.1) is 0 Å². The molecule has 1 rings (SSSR count). The first-order valence-electron chi connectivity index (χ1n) is 4.96. The van der Waals surface area contributed by atoms with Crippen LogP contribution in [0.5, 0.6) is 0 Å². The summed E-state index contributed by atoms with van der Waals surface area (Å²) in [5.41, 5.74) is -5.43. The lowest BCUT2D eigenvalue weighted by Gasteiger charge is -2.33.